The third-order valence-corrected chi connectivity index (χ3v) is 4.46. The predicted octanol–water partition coefficient (Wildman–Crippen LogP) is 2.15. The molecule has 0 N–H and O–H groups in total. The van der Waals surface area contributed by atoms with Gasteiger partial charge < -0.3 is 0 Å². The van der Waals surface area contributed by atoms with Crippen molar-refractivity contribution in [3.05, 3.63) is 30.1 Å². The van der Waals surface area contributed by atoms with Gasteiger partial charge in [-0.3, -0.25) is 0 Å². The highest BCUT2D eigenvalue weighted by Gasteiger charge is 2.30. The van der Waals surface area contributed by atoms with Gasteiger partial charge in [0.25, 0.3) is 0 Å². The van der Waals surface area contributed by atoms with E-state index in [1.165, 1.54) is 12.1 Å². The Bertz CT molecular complexity index is 500. The van der Waals surface area contributed by atoms with Crippen LogP contribution in [0.1, 0.15) is 13.8 Å². The quantitative estimate of drug-likeness (QED) is 0.762. The minimum Gasteiger partial charge on any atom is -0.222 e. The Balaban J connectivity index is 3.22. The van der Waals surface area contributed by atoms with E-state index in [1.54, 1.807) is 19.9 Å². The fourth-order valence-corrected chi connectivity index (χ4v) is 3.01. The third kappa shape index (κ3) is 2.39. The average molecular weight is 241 g/mol. The SMILES string of the molecule is CC(C)C(C#N)S(=O)(=O)c1ccc(F)cc1. The lowest BCUT2D eigenvalue weighted by Crippen LogP contribution is -2.25. The van der Waals surface area contributed by atoms with Crippen molar-refractivity contribution in [2.24, 2.45) is 5.92 Å². The van der Waals surface area contributed by atoms with Crippen LogP contribution in [0.25, 0.3) is 0 Å². The zero-order valence-electron chi connectivity index (χ0n) is 9.01. The molecule has 0 aromatic heterocycles. The number of hydrogen-bond donors (Lipinski definition) is 0. The maximum Gasteiger partial charge on any atom is 0.194 e. The van der Waals surface area contributed by atoms with Crippen molar-refractivity contribution >= 4 is 9.84 Å². The molecule has 0 amide bonds. The van der Waals surface area contributed by atoms with Crippen molar-refractivity contribution in [3.8, 4) is 6.07 Å². The van der Waals surface area contributed by atoms with Crippen molar-refractivity contribution in [1.29, 1.82) is 5.26 Å². The molecule has 0 aliphatic heterocycles. The number of nitriles is 1. The van der Waals surface area contributed by atoms with Gasteiger partial charge in [-0.05, 0) is 30.2 Å². The number of nitrogens with zero attached hydrogens (tertiary/aromatic N) is 1. The molecule has 16 heavy (non-hydrogen) atoms. The Morgan fingerprint density at radius 3 is 2.12 bits per heavy atom. The minimum absolute atomic E-state index is 0.0193. The first-order valence-corrected chi connectivity index (χ1v) is 6.33. The summed E-state index contributed by atoms with van der Waals surface area (Å²) in [6, 6.07) is 6.27. The second-order valence-corrected chi connectivity index (χ2v) is 5.86. The van der Waals surface area contributed by atoms with Crippen LogP contribution in [0.5, 0.6) is 0 Å². The summed E-state index contributed by atoms with van der Waals surface area (Å²) < 4.78 is 36.6. The highest BCUT2D eigenvalue weighted by molar-refractivity contribution is 7.92. The Morgan fingerprint density at radius 1 is 1.25 bits per heavy atom. The molecule has 0 bridgehead atoms. The molecule has 0 aliphatic rings. The highest BCUT2D eigenvalue weighted by Crippen LogP contribution is 2.21. The van der Waals surface area contributed by atoms with E-state index in [-0.39, 0.29) is 10.8 Å². The molecule has 1 atom stereocenters. The third-order valence-electron chi connectivity index (χ3n) is 2.21. The Labute approximate surface area is 94.4 Å². The van der Waals surface area contributed by atoms with E-state index >= 15 is 0 Å². The van der Waals surface area contributed by atoms with Crippen molar-refractivity contribution in [3.63, 3.8) is 0 Å². The topological polar surface area (TPSA) is 57.9 Å². The maximum atomic E-state index is 12.7. The molecule has 0 spiro atoms. The summed E-state index contributed by atoms with van der Waals surface area (Å²) in [5, 5.41) is 7.75. The zero-order valence-corrected chi connectivity index (χ0v) is 9.83. The van der Waals surface area contributed by atoms with Crippen molar-refractivity contribution < 1.29 is 12.8 Å². The number of benzene rings is 1. The van der Waals surface area contributed by atoms with Gasteiger partial charge in [-0.2, -0.15) is 5.26 Å². The van der Waals surface area contributed by atoms with Gasteiger partial charge in [0.2, 0.25) is 0 Å². The Kier molecular flexibility index (Phi) is 3.66. The molecule has 0 saturated carbocycles. The monoisotopic (exact) mass is 241 g/mol. The molecule has 0 radical (unpaired) electrons. The standard InChI is InChI=1S/C11H12FNO2S/c1-8(2)11(7-13)16(14,15)10-5-3-9(12)4-6-10/h3-6,8,11H,1-2H3. The molecule has 0 saturated heterocycles. The lowest BCUT2D eigenvalue weighted by molar-refractivity contribution is 0.563. The normalized spacial score (nSPS) is 13.4. The minimum atomic E-state index is -3.69. The first-order chi connectivity index (χ1) is 7.39. The van der Waals surface area contributed by atoms with Crippen LogP contribution >= 0.6 is 0 Å². The fourth-order valence-electron chi connectivity index (χ4n) is 1.35. The van der Waals surface area contributed by atoms with Gasteiger partial charge in [-0.15, -0.1) is 0 Å². The van der Waals surface area contributed by atoms with E-state index in [9.17, 15) is 12.8 Å². The smallest absolute Gasteiger partial charge is 0.194 e. The summed E-state index contributed by atoms with van der Waals surface area (Å²) in [6.45, 7) is 3.32. The second-order valence-electron chi connectivity index (χ2n) is 3.79. The zero-order chi connectivity index (χ0) is 12.3. The summed E-state index contributed by atoms with van der Waals surface area (Å²) in [7, 11) is -3.69. The highest BCUT2D eigenvalue weighted by atomic mass is 32.2. The molecule has 1 unspecified atom stereocenters. The molecule has 0 aliphatic carbocycles. The van der Waals surface area contributed by atoms with Crippen LogP contribution in [0.2, 0.25) is 0 Å². The van der Waals surface area contributed by atoms with Gasteiger partial charge in [0.05, 0.1) is 11.0 Å². The summed E-state index contributed by atoms with van der Waals surface area (Å²) in [5.41, 5.74) is 0. The van der Waals surface area contributed by atoms with Crippen LogP contribution in [-0.2, 0) is 9.84 Å². The van der Waals surface area contributed by atoms with E-state index in [0.29, 0.717) is 0 Å². The Hall–Kier alpha value is -1.41. The molecular weight excluding hydrogens is 229 g/mol. The van der Waals surface area contributed by atoms with Crippen LogP contribution < -0.4 is 0 Å². The lowest BCUT2D eigenvalue weighted by Gasteiger charge is -2.13. The van der Waals surface area contributed by atoms with Gasteiger partial charge in [0, 0.05) is 0 Å². The van der Waals surface area contributed by atoms with Crippen molar-refractivity contribution in [2.45, 2.75) is 24.0 Å². The van der Waals surface area contributed by atoms with E-state index in [0.717, 1.165) is 12.1 Å². The van der Waals surface area contributed by atoms with Crippen LogP contribution in [0.4, 0.5) is 4.39 Å². The van der Waals surface area contributed by atoms with Crippen LogP contribution in [0.15, 0.2) is 29.2 Å². The first-order valence-electron chi connectivity index (χ1n) is 4.78. The number of sulfone groups is 1. The molecule has 0 heterocycles. The largest absolute Gasteiger partial charge is 0.222 e. The van der Waals surface area contributed by atoms with Crippen molar-refractivity contribution in [2.75, 3.05) is 0 Å². The number of rotatable bonds is 3. The molecular formula is C11H12FNO2S. The molecule has 0 fully saturated rings. The summed E-state index contributed by atoms with van der Waals surface area (Å²) in [4.78, 5) is -0.0193. The second kappa shape index (κ2) is 4.62. The van der Waals surface area contributed by atoms with E-state index in [4.69, 9.17) is 5.26 Å². The lowest BCUT2D eigenvalue weighted by atomic mass is 10.1. The van der Waals surface area contributed by atoms with E-state index in [2.05, 4.69) is 0 Å². The first kappa shape index (κ1) is 12.7. The summed E-state index contributed by atoms with van der Waals surface area (Å²) in [5.74, 6) is -0.808. The molecule has 1 rings (SSSR count). The van der Waals surface area contributed by atoms with Crippen LogP contribution in [0, 0.1) is 23.1 Å². The van der Waals surface area contributed by atoms with Crippen LogP contribution in [-0.4, -0.2) is 13.7 Å². The van der Waals surface area contributed by atoms with Gasteiger partial charge in [-0.25, -0.2) is 12.8 Å². The molecule has 1 aromatic carbocycles. The summed E-state index contributed by atoms with van der Waals surface area (Å²) in [6.07, 6.45) is 0. The molecule has 86 valence electrons. The van der Waals surface area contributed by atoms with Gasteiger partial charge in [-0.1, -0.05) is 13.8 Å². The van der Waals surface area contributed by atoms with Crippen molar-refractivity contribution in [1.82, 2.24) is 0 Å². The Morgan fingerprint density at radius 2 is 1.75 bits per heavy atom. The fraction of sp³-hybridized carbons (Fsp3) is 0.364. The average Bonchev–Trinajstić information content (AvgIpc) is 2.18. The summed E-state index contributed by atoms with van der Waals surface area (Å²) >= 11 is 0. The predicted molar refractivity (Wildman–Crippen MR) is 57.8 cm³/mol. The van der Waals surface area contributed by atoms with Gasteiger partial charge in [0.15, 0.2) is 15.1 Å². The molecule has 3 nitrogen and oxygen atoms in total. The van der Waals surface area contributed by atoms with E-state index < -0.39 is 20.9 Å². The van der Waals surface area contributed by atoms with Gasteiger partial charge >= 0.3 is 0 Å². The molecule has 1 aromatic rings. The van der Waals surface area contributed by atoms with Crippen LogP contribution in [0.3, 0.4) is 0 Å². The maximum absolute atomic E-state index is 12.7. The number of halogens is 1. The molecule has 5 heteroatoms. The van der Waals surface area contributed by atoms with Gasteiger partial charge in [0.1, 0.15) is 5.82 Å². The number of hydrogen-bond acceptors (Lipinski definition) is 3. The van der Waals surface area contributed by atoms with E-state index in [1.807, 2.05) is 0 Å².